The van der Waals surface area contributed by atoms with E-state index in [0.717, 1.165) is 21.8 Å². The molecule has 0 bridgehead atoms. The van der Waals surface area contributed by atoms with E-state index in [1.54, 1.807) is 0 Å². The number of hydrogen-bond donors (Lipinski definition) is 0. The van der Waals surface area contributed by atoms with Crippen molar-refractivity contribution in [3.8, 4) is 0 Å². The maximum Gasteiger partial charge on any atom is 0.289 e. The molecule has 0 amide bonds. The summed E-state index contributed by atoms with van der Waals surface area (Å²) in [5.74, 6) is 0.0505. The zero-order valence-corrected chi connectivity index (χ0v) is 23.5. The number of nitro benzene ring substituents is 1. The van der Waals surface area contributed by atoms with Gasteiger partial charge in [-0.3, -0.25) is 19.9 Å². The summed E-state index contributed by atoms with van der Waals surface area (Å²) >= 11 is 0. The lowest BCUT2D eigenvalue weighted by Gasteiger charge is -2.37. The van der Waals surface area contributed by atoms with Gasteiger partial charge in [-0.15, -0.1) is 6.58 Å². The Morgan fingerprint density at radius 1 is 1.31 bits per heavy atom. The number of hydrogen-bond acceptors (Lipinski definition) is 7. The maximum absolute atomic E-state index is 13.6. The van der Waals surface area contributed by atoms with Crippen LogP contribution in [0.3, 0.4) is 0 Å². The number of aliphatic imine (C=N–C) groups is 1. The Morgan fingerprint density at radius 3 is 2.49 bits per heavy atom. The predicted molar refractivity (Wildman–Crippen MR) is 140 cm³/mol. The van der Waals surface area contributed by atoms with Crippen molar-refractivity contribution in [2.45, 2.75) is 63.7 Å². The first-order chi connectivity index (χ1) is 16.1. The fourth-order valence-electron chi connectivity index (χ4n) is 3.29. The summed E-state index contributed by atoms with van der Waals surface area (Å²) in [6, 6.07) is 4.44. The smallest absolute Gasteiger partial charge is 0.289 e. The summed E-state index contributed by atoms with van der Waals surface area (Å²) in [5.41, 5.74) is 1.13. The first-order valence-corrected chi connectivity index (χ1v) is 15.9. The Hall–Kier alpha value is -2.18. The highest BCUT2D eigenvalue weighted by Gasteiger charge is 2.40. The van der Waals surface area contributed by atoms with E-state index in [2.05, 4.69) is 40.4 Å². The fourth-order valence-corrected chi connectivity index (χ4v) is 5.76. The van der Waals surface area contributed by atoms with E-state index >= 15 is 0 Å². The van der Waals surface area contributed by atoms with Gasteiger partial charge in [0.05, 0.1) is 36.4 Å². The van der Waals surface area contributed by atoms with Crippen LogP contribution in [0.4, 0.5) is 5.69 Å². The minimum Gasteiger partial charge on any atom is -0.411 e. The molecule has 0 N–H and O–H groups in total. The Balaban J connectivity index is 2.44. The SMILES string of the molecule is C=CCON(C1C=C(C(C)C)C(CO[Si](C)(C)C(C)(C)C)=NC1)S(=O)(=O)c1ccccc1[N+](=O)[O-]. The van der Waals surface area contributed by atoms with E-state index in [4.69, 9.17) is 14.3 Å². The second-order valence-corrected chi connectivity index (χ2v) is 16.8. The predicted octanol–water partition coefficient (Wildman–Crippen LogP) is 5.13. The third-order valence-corrected chi connectivity index (χ3v) is 12.6. The zero-order valence-electron chi connectivity index (χ0n) is 21.6. The molecule has 0 aliphatic carbocycles. The van der Waals surface area contributed by atoms with Crippen LogP contribution in [0.5, 0.6) is 0 Å². The monoisotopic (exact) mass is 523 g/mol. The quantitative estimate of drug-likeness (QED) is 0.172. The van der Waals surface area contributed by atoms with Crippen LogP contribution in [0.15, 0.2) is 58.5 Å². The van der Waals surface area contributed by atoms with Crippen molar-refractivity contribution in [2.75, 3.05) is 19.8 Å². The van der Waals surface area contributed by atoms with Crippen molar-refractivity contribution in [1.29, 1.82) is 0 Å². The van der Waals surface area contributed by atoms with Crippen LogP contribution in [0.1, 0.15) is 34.6 Å². The topological polar surface area (TPSA) is 111 Å². The van der Waals surface area contributed by atoms with Gasteiger partial charge in [0.2, 0.25) is 0 Å². The lowest BCUT2D eigenvalue weighted by molar-refractivity contribution is -0.387. The number of sulfonamides is 1. The van der Waals surface area contributed by atoms with Gasteiger partial charge in [-0.2, -0.15) is 0 Å². The van der Waals surface area contributed by atoms with Crippen molar-refractivity contribution in [2.24, 2.45) is 10.9 Å². The third kappa shape index (κ3) is 6.73. The van der Waals surface area contributed by atoms with Gasteiger partial charge in [0.25, 0.3) is 15.7 Å². The highest BCUT2D eigenvalue weighted by atomic mass is 32.2. The number of rotatable bonds is 11. The average Bonchev–Trinajstić information content (AvgIpc) is 2.77. The number of hydroxylamine groups is 1. The van der Waals surface area contributed by atoms with Gasteiger partial charge in [0, 0.05) is 6.07 Å². The molecular weight excluding hydrogens is 486 g/mol. The Morgan fingerprint density at radius 2 is 1.94 bits per heavy atom. The van der Waals surface area contributed by atoms with E-state index < -0.39 is 39.9 Å². The van der Waals surface area contributed by atoms with Crippen LogP contribution < -0.4 is 0 Å². The molecule has 0 radical (unpaired) electrons. The van der Waals surface area contributed by atoms with Crippen molar-refractivity contribution < 1.29 is 22.6 Å². The highest BCUT2D eigenvalue weighted by molar-refractivity contribution is 7.89. The molecule has 1 aliphatic rings. The van der Waals surface area contributed by atoms with Crippen molar-refractivity contribution in [3.63, 3.8) is 0 Å². The lowest BCUT2D eigenvalue weighted by atomic mass is 9.94. The van der Waals surface area contributed by atoms with Crippen molar-refractivity contribution in [1.82, 2.24) is 4.47 Å². The highest BCUT2D eigenvalue weighted by Crippen LogP contribution is 2.37. The van der Waals surface area contributed by atoms with Crippen LogP contribution in [0.2, 0.25) is 18.1 Å². The van der Waals surface area contributed by atoms with Crippen LogP contribution in [0, 0.1) is 16.0 Å². The lowest BCUT2D eigenvalue weighted by Crippen LogP contribution is -2.45. The maximum atomic E-state index is 13.6. The van der Waals surface area contributed by atoms with Gasteiger partial charge in [0.1, 0.15) is 0 Å². The van der Waals surface area contributed by atoms with Gasteiger partial charge in [0.15, 0.2) is 13.2 Å². The number of dihydropyridines is 1. The van der Waals surface area contributed by atoms with Gasteiger partial charge in [-0.1, -0.05) is 63.4 Å². The minimum atomic E-state index is -4.39. The molecular formula is C24H37N3O6SSi. The molecule has 1 unspecified atom stereocenters. The van der Waals surface area contributed by atoms with Gasteiger partial charge in [-0.05, 0) is 35.7 Å². The first kappa shape index (κ1) is 29.0. The van der Waals surface area contributed by atoms with Gasteiger partial charge >= 0.3 is 0 Å². The summed E-state index contributed by atoms with van der Waals surface area (Å²) < 4.78 is 34.3. The standard InChI is InChI=1S/C24H37N3O6SSi/c1-9-14-32-27(34(30,31)23-13-11-10-12-22(23)26(28)29)19-15-20(18(2)3)21(25-16-19)17-33-35(7,8)24(4,5)6/h9-13,15,18-19H,1,14,16-17H2,2-8H3. The zero-order chi connectivity index (χ0) is 26.6. The van der Waals surface area contributed by atoms with E-state index in [1.165, 1.54) is 24.3 Å². The van der Waals surface area contributed by atoms with Gasteiger partial charge in [-0.25, -0.2) is 8.42 Å². The molecule has 9 nitrogen and oxygen atoms in total. The molecule has 1 aromatic carbocycles. The molecule has 2 rings (SSSR count). The number of nitro groups is 1. The fraction of sp³-hybridized carbons (Fsp3) is 0.542. The van der Waals surface area contributed by atoms with Crippen LogP contribution in [0.25, 0.3) is 0 Å². The molecule has 35 heavy (non-hydrogen) atoms. The van der Waals surface area contributed by atoms with Crippen LogP contribution in [-0.2, 0) is 19.3 Å². The number of nitrogens with zero attached hydrogens (tertiary/aromatic N) is 3. The molecule has 1 aromatic rings. The van der Waals surface area contributed by atoms with E-state index in [1.807, 2.05) is 19.9 Å². The molecule has 0 aromatic heterocycles. The van der Waals surface area contributed by atoms with Crippen molar-refractivity contribution in [3.05, 3.63) is 58.7 Å². The summed E-state index contributed by atoms with van der Waals surface area (Å²) in [5, 5.41) is 11.6. The van der Waals surface area contributed by atoms with Crippen molar-refractivity contribution >= 4 is 29.7 Å². The van der Waals surface area contributed by atoms with E-state index in [-0.39, 0.29) is 24.1 Å². The molecule has 11 heteroatoms. The summed E-state index contributed by atoms with van der Waals surface area (Å²) in [7, 11) is -6.40. The summed E-state index contributed by atoms with van der Waals surface area (Å²) in [6.45, 7) is 18.8. The molecule has 1 aliphatic heterocycles. The molecule has 0 saturated carbocycles. The number of para-hydroxylation sites is 1. The second kappa shape index (κ2) is 11.3. The van der Waals surface area contributed by atoms with Gasteiger partial charge < -0.3 is 4.43 Å². The largest absolute Gasteiger partial charge is 0.411 e. The molecule has 194 valence electrons. The molecule has 0 fully saturated rings. The normalized spacial score (nSPS) is 17.3. The number of benzene rings is 1. The summed E-state index contributed by atoms with van der Waals surface area (Å²) in [6.07, 6.45) is 3.23. The van der Waals surface area contributed by atoms with E-state index in [9.17, 15) is 18.5 Å². The molecule has 0 spiro atoms. The minimum absolute atomic E-state index is 0.0419. The second-order valence-electron chi connectivity index (χ2n) is 10.3. The first-order valence-electron chi connectivity index (χ1n) is 11.5. The molecule has 1 heterocycles. The van der Waals surface area contributed by atoms with E-state index in [0.29, 0.717) is 6.61 Å². The van der Waals surface area contributed by atoms with Crippen LogP contribution in [-0.4, -0.2) is 57.6 Å². The Bertz CT molecular complexity index is 1110. The Kier molecular flexibility index (Phi) is 9.34. The Labute approximate surface area is 209 Å². The molecule has 0 saturated heterocycles. The van der Waals surface area contributed by atoms with Crippen LogP contribution >= 0.6 is 0 Å². The molecule has 1 atom stereocenters. The summed E-state index contributed by atoms with van der Waals surface area (Å²) in [4.78, 5) is 20.6. The third-order valence-electron chi connectivity index (χ3n) is 6.34. The average molecular weight is 524 g/mol.